The molecule has 0 fully saturated rings. The third kappa shape index (κ3) is 3.36. The standard InChI is InChI=1S/C19H15Cl2P/c1-14-4-2-3-5-19(14)22(17-10-6-15(20)7-11-17)18-12-8-16(21)9-13-18/h2-13H,1H3. The molecule has 0 atom stereocenters. The van der Waals surface area contributed by atoms with E-state index in [9.17, 15) is 0 Å². The zero-order chi connectivity index (χ0) is 15.5. The Kier molecular flexibility index (Phi) is 4.84. The average Bonchev–Trinajstić information content (AvgIpc) is 2.53. The first kappa shape index (κ1) is 15.6. The first-order valence-electron chi connectivity index (χ1n) is 7.02. The van der Waals surface area contributed by atoms with Gasteiger partial charge >= 0.3 is 0 Å². The van der Waals surface area contributed by atoms with Gasteiger partial charge in [0.25, 0.3) is 0 Å². The lowest BCUT2D eigenvalue weighted by Crippen LogP contribution is -2.22. The van der Waals surface area contributed by atoms with Crippen molar-refractivity contribution in [1.82, 2.24) is 0 Å². The van der Waals surface area contributed by atoms with E-state index in [0.717, 1.165) is 10.0 Å². The first-order chi connectivity index (χ1) is 10.6. The lowest BCUT2D eigenvalue weighted by molar-refractivity contribution is 1.52. The maximum atomic E-state index is 6.05. The summed E-state index contributed by atoms with van der Waals surface area (Å²) in [5.74, 6) is 0. The fourth-order valence-corrected chi connectivity index (χ4v) is 5.09. The molecular formula is C19H15Cl2P. The predicted octanol–water partition coefficient (Wildman–Crippen LogP) is 5.06. The van der Waals surface area contributed by atoms with Crippen molar-refractivity contribution >= 4 is 47.0 Å². The average molecular weight is 345 g/mol. The fraction of sp³-hybridized carbons (Fsp3) is 0.0526. The maximum Gasteiger partial charge on any atom is 0.0406 e. The SMILES string of the molecule is Cc1ccccc1P(c1ccc(Cl)cc1)c1ccc(Cl)cc1. The van der Waals surface area contributed by atoms with Crippen molar-refractivity contribution < 1.29 is 0 Å². The molecule has 3 aromatic rings. The van der Waals surface area contributed by atoms with Gasteiger partial charge in [-0.15, -0.1) is 0 Å². The highest BCUT2D eigenvalue weighted by molar-refractivity contribution is 7.79. The van der Waals surface area contributed by atoms with Gasteiger partial charge in [0.15, 0.2) is 0 Å². The van der Waals surface area contributed by atoms with Crippen LogP contribution in [0.2, 0.25) is 10.0 Å². The Hall–Kier alpha value is -1.33. The van der Waals surface area contributed by atoms with Gasteiger partial charge in [-0.1, -0.05) is 71.7 Å². The molecule has 110 valence electrons. The molecule has 0 N–H and O–H groups in total. The smallest absolute Gasteiger partial charge is 0.0406 e. The molecule has 0 nitrogen and oxygen atoms in total. The molecule has 0 aliphatic carbocycles. The van der Waals surface area contributed by atoms with Crippen molar-refractivity contribution in [3.8, 4) is 0 Å². The van der Waals surface area contributed by atoms with Crippen LogP contribution in [0.15, 0.2) is 72.8 Å². The molecule has 0 saturated carbocycles. The Bertz CT molecular complexity index is 719. The number of hydrogen-bond acceptors (Lipinski definition) is 0. The Labute approximate surface area is 142 Å². The minimum absolute atomic E-state index is 0.609. The molecule has 0 radical (unpaired) electrons. The third-order valence-electron chi connectivity index (χ3n) is 3.53. The van der Waals surface area contributed by atoms with Gasteiger partial charge < -0.3 is 0 Å². The molecule has 0 aliphatic rings. The van der Waals surface area contributed by atoms with E-state index < -0.39 is 7.92 Å². The minimum Gasteiger partial charge on any atom is -0.0843 e. The summed E-state index contributed by atoms with van der Waals surface area (Å²) in [7, 11) is -0.609. The van der Waals surface area contributed by atoms with E-state index >= 15 is 0 Å². The van der Waals surface area contributed by atoms with Crippen LogP contribution in [0.4, 0.5) is 0 Å². The van der Waals surface area contributed by atoms with Crippen molar-refractivity contribution in [2.45, 2.75) is 6.92 Å². The van der Waals surface area contributed by atoms with Crippen LogP contribution in [0, 0.1) is 6.92 Å². The number of hydrogen-bond donors (Lipinski definition) is 0. The summed E-state index contributed by atoms with van der Waals surface area (Å²) in [6.07, 6.45) is 0. The second-order valence-corrected chi connectivity index (χ2v) is 8.13. The molecular weight excluding hydrogens is 330 g/mol. The predicted molar refractivity (Wildman–Crippen MR) is 99.9 cm³/mol. The molecule has 0 spiro atoms. The molecule has 0 aliphatic heterocycles. The summed E-state index contributed by atoms with van der Waals surface area (Å²) >= 11 is 12.1. The second kappa shape index (κ2) is 6.84. The van der Waals surface area contributed by atoms with Gasteiger partial charge in [-0.05, 0) is 60.6 Å². The van der Waals surface area contributed by atoms with Gasteiger partial charge in [-0.25, -0.2) is 0 Å². The van der Waals surface area contributed by atoms with Crippen molar-refractivity contribution in [1.29, 1.82) is 0 Å². The Balaban J connectivity index is 2.16. The van der Waals surface area contributed by atoms with Crippen LogP contribution in [0.3, 0.4) is 0 Å². The summed E-state index contributed by atoms with van der Waals surface area (Å²) in [6.45, 7) is 2.16. The summed E-state index contributed by atoms with van der Waals surface area (Å²) in [5.41, 5.74) is 1.30. The highest BCUT2D eigenvalue weighted by atomic mass is 35.5. The molecule has 0 saturated heterocycles. The maximum absolute atomic E-state index is 6.05. The van der Waals surface area contributed by atoms with E-state index in [1.807, 2.05) is 24.3 Å². The van der Waals surface area contributed by atoms with Crippen LogP contribution in [0.25, 0.3) is 0 Å². The topological polar surface area (TPSA) is 0 Å². The van der Waals surface area contributed by atoms with Crippen LogP contribution >= 0.6 is 31.1 Å². The van der Waals surface area contributed by atoms with E-state index in [0.29, 0.717) is 0 Å². The van der Waals surface area contributed by atoms with Gasteiger partial charge in [0.05, 0.1) is 0 Å². The number of benzene rings is 3. The van der Waals surface area contributed by atoms with E-state index in [4.69, 9.17) is 23.2 Å². The third-order valence-corrected chi connectivity index (χ3v) is 6.64. The van der Waals surface area contributed by atoms with E-state index in [1.54, 1.807) is 0 Å². The summed E-state index contributed by atoms with van der Waals surface area (Å²) in [6, 6.07) is 24.9. The Morgan fingerprint density at radius 2 is 1.09 bits per heavy atom. The van der Waals surface area contributed by atoms with Crippen LogP contribution in [0.5, 0.6) is 0 Å². The number of rotatable bonds is 3. The quantitative estimate of drug-likeness (QED) is 0.582. The zero-order valence-electron chi connectivity index (χ0n) is 12.1. The van der Waals surface area contributed by atoms with Crippen LogP contribution in [-0.2, 0) is 0 Å². The molecule has 0 amide bonds. The highest BCUT2D eigenvalue weighted by Crippen LogP contribution is 2.34. The largest absolute Gasteiger partial charge is 0.0843 e. The van der Waals surface area contributed by atoms with Gasteiger partial charge in [0, 0.05) is 10.0 Å². The van der Waals surface area contributed by atoms with Crippen molar-refractivity contribution in [2.75, 3.05) is 0 Å². The minimum atomic E-state index is -0.609. The lowest BCUT2D eigenvalue weighted by Gasteiger charge is -2.21. The van der Waals surface area contributed by atoms with Gasteiger partial charge in [0.2, 0.25) is 0 Å². The van der Waals surface area contributed by atoms with Crippen molar-refractivity contribution in [3.63, 3.8) is 0 Å². The monoisotopic (exact) mass is 344 g/mol. The second-order valence-electron chi connectivity index (χ2n) is 5.07. The first-order valence-corrected chi connectivity index (χ1v) is 9.12. The molecule has 3 rings (SSSR count). The van der Waals surface area contributed by atoms with Crippen molar-refractivity contribution in [3.05, 3.63) is 88.4 Å². The summed E-state index contributed by atoms with van der Waals surface area (Å²) < 4.78 is 0. The zero-order valence-corrected chi connectivity index (χ0v) is 14.5. The van der Waals surface area contributed by atoms with E-state index in [-0.39, 0.29) is 0 Å². The van der Waals surface area contributed by atoms with Gasteiger partial charge in [-0.2, -0.15) is 0 Å². The molecule has 0 bridgehead atoms. The van der Waals surface area contributed by atoms with E-state index in [2.05, 4.69) is 55.5 Å². The van der Waals surface area contributed by atoms with Crippen LogP contribution in [0.1, 0.15) is 5.56 Å². The lowest BCUT2D eigenvalue weighted by atomic mass is 10.2. The fourth-order valence-electron chi connectivity index (χ4n) is 2.42. The molecule has 3 aromatic carbocycles. The van der Waals surface area contributed by atoms with Gasteiger partial charge in [-0.3, -0.25) is 0 Å². The Morgan fingerprint density at radius 1 is 0.636 bits per heavy atom. The molecule has 0 aromatic heterocycles. The molecule has 22 heavy (non-hydrogen) atoms. The van der Waals surface area contributed by atoms with Crippen LogP contribution in [-0.4, -0.2) is 0 Å². The highest BCUT2D eigenvalue weighted by Gasteiger charge is 2.17. The number of halogens is 2. The van der Waals surface area contributed by atoms with Crippen molar-refractivity contribution in [2.24, 2.45) is 0 Å². The Morgan fingerprint density at radius 3 is 1.55 bits per heavy atom. The van der Waals surface area contributed by atoms with E-state index in [1.165, 1.54) is 21.5 Å². The summed E-state index contributed by atoms with van der Waals surface area (Å²) in [4.78, 5) is 0. The molecule has 0 unspecified atom stereocenters. The molecule has 3 heteroatoms. The number of aryl methyl sites for hydroxylation is 1. The van der Waals surface area contributed by atoms with Gasteiger partial charge in [0.1, 0.15) is 0 Å². The molecule has 0 heterocycles. The van der Waals surface area contributed by atoms with Crippen LogP contribution < -0.4 is 15.9 Å². The summed E-state index contributed by atoms with van der Waals surface area (Å²) in [5, 5.41) is 5.47. The normalized spacial score (nSPS) is 10.9.